The second-order valence-electron chi connectivity index (χ2n) is 5.71. The Kier molecular flexibility index (Phi) is 4.52. The van der Waals surface area contributed by atoms with Gasteiger partial charge in [-0.05, 0) is 31.4 Å². The summed E-state index contributed by atoms with van der Waals surface area (Å²) in [7, 11) is 0. The maximum absolute atomic E-state index is 12.4. The van der Waals surface area contributed by atoms with Gasteiger partial charge in [-0.3, -0.25) is 9.89 Å². The van der Waals surface area contributed by atoms with Crippen LogP contribution in [0, 0.1) is 13.8 Å². The first kappa shape index (κ1) is 15.8. The van der Waals surface area contributed by atoms with Crippen LogP contribution in [0.5, 0.6) is 0 Å². The van der Waals surface area contributed by atoms with E-state index >= 15 is 0 Å². The molecule has 0 fully saturated rings. The predicted octanol–water partition coefficient (Wildman–Crippen LogP) is 3.51. The molecule has 3 aromatic rings. The van der Waals surface area contributed by atoms with Crippen LogP contribution in [-0.4, -0.2) is 20.2 Å². The molecule has 2 heterocycles. The van der Waals surface area contributed by atoms with Gasteiger partial charge in [0.2, 0.25) is 5.16 Å². The van der Waals surface area contributed by atoms with E-state index in [1.807, 2.05) is 26.0 Å². The highest BCUT2D eigenvalue weighted by atomic mass is 32.2. The number of benzene rings is 1. The lowest BCUT2D eigenvalue weighted by atomic mass is 10.0. The first-order chi connectivity index (χ1) is 11.1. The van der Waals surface area contributed by atoms with E-state index in [1.54, 1.807) is 6.07 Å². The lowest BCUT2D eigenvalue weighted by molar-refractivity contribution is 0.840. The van der Waals surface area contributed by atoms with Gasteiger partial charge in [0.25, 0.3) is 0 Å². The lowest BCUT2D eigenvalue weighted by Crippen LogP contribution is -2.07. The number of thioether (sulfide) groups is 1. The van der Waals surface area contributed by atoms with Crippen molar-refractivity contribution in [2.45, 2.75) is 44.5 Å². The first-order valence-electron chi connectivity index (χ1n) is 7.74. The Labute approximate surface area is 138 Å². The highest BCUT2D eigenvalue weighted by molar-refractivity contribution is 7.98. The Hall–Kier alpha value is -2.08. The molecule has 0 aliphatic rings. The predicted molar refractivity (Wildman–Crippen MR) is 94.0 cm³/mol. The van der Waals surface area contributed by atoms with E-state index in [0.29, 0.717) is 5.75 Å². The van der Waals surface area contributed by atoms with Crippen LogP contribution in [0.15, 0.2) is 28.2 Å². The number of nitrogens with zero attached hydrogens (tertiary/aromatic N) is 2. The van der Waals surface area contributed by atoms with Crippen LogP contribution in [0.25, 0.3) is 10.9 Å². The smallest absolute Gasteiger partial charge is 0.208 e. The van der Waals surface area contributed by atoms with Crippen molar-refractivity contribution < 1.29 is 0 Å². The number of pyridine rings is 1. The fraction of sp³-hybridized carbons (Fsp3) is 0.353. The van der Waals surface area contributed by atoms with Gasteiger partial charge in [0.15, 0.2) is 5.43 Å². The maximum atomic E-state index is 12.4. The second-order valence-corrected chi connectivity index (χ2v) is 6.65. The number of hydrogen-bond acceptors (Lipinski definition) is 4. The summed E-state index contributed by atoms with van der Waals surface area (Å²) in [5.41, 5.74) is 3.97. The van der Waals surface area contributed by atoms with Gasteiger partial charge in [-0.25, -0.2) is 4.98 Å². The van der Waals surface area contributed by atoms with Gasteiger partial charge in [-0.2, -0.15) is 0 Å². The van der Waals surface area contributed by atoms with Gasteiger partial charge in [-0.15, -0.1) is 5.10 Å². The molecule has 0 spiro atoms. The minimum absolute atomic E-state index is 0.0669. The molecule has 3 rings (SSSR count). The number of fused-ring (bicyclic) bond motifs is 1. The number of aryl methyl sites for hydroxylation is 3. The minimum Gasteiger partial charge on any atom is -0.357 e. The van der Waals surface area contributed by atoms with Gasteiger partial charge in [0, 0.05) is 29.3 Å². The van der Waals surface area contributed by atoms with Crippen molar-refractivity contribution in [2.24, 2.45) is 0 Å². The molecule has 120 valence electrons. The average molecular weight is 328 g/mol. The third-order valence-corrected chi connectivity index (χ3v) is 4.71. The fourth-order valence-corrected chi connectivity index (χ4v) is 3.35. The SMILES string of the molecule is CCCc1nc(SCc2cc(=O)c3c(C)ccc(C)c3[nH]2)n[nH]1. The Morgan fingerprint density at radius 3 is 2.78 bits per heavy atom. The van der Waals surface area contributed by atoms with E-state index in [-0.39, 0.29) is 5.43 Å². The number of H-pyrrole nitrogens is 2. The Morgan fingerprint density at radius 1 is 1.22 bits per heavy atom. The summed E-state index contributed by atoms with van der Waals surface area (Å²) < 4.78 is 0. The molecule has 0 radical (unpaired) electrons. The number of aromatic amines is 2. The van der Waals surface area contributed by atoms with Crippen LogP contribution in [0.3, 0.4) is 0 Å². The van der Waals surface area contributed by atoms with Gasteiger partial charge in [-0.1, -0.05) is 30.8 Å². The summed E-state index contributed by atoms with van der Waals surface area (Å²) in [5.74, 6) is 1.55. The first-order valence-corrected chi connectivity index (χ1v) is 8.73. The van der Waals surface area contributed by atoms with Crippen LogP contribution in [0.1, 0.15) is 36.0 Å². The second kappa shape index (κ2) is 6.58. The molecule has 0 saturated carbocycles. The van der Waals surface area contributed by atoms with E-state index in [0.717, 1.165) is 51.5 Å². The summed E-state index contributed by atoms with van der Waals surface area (Å²) in [4.78, 5) is 20.2. The Bertz CT molecular complexity index is 897. The average Bonchev–Trinajstić information content (AvgIpc) is 2.97. The molecular weight excluding hydrogens is 308 g/mol. The van der Waals surface area contributed by atoms with Crippen LogP contribution < -0.4 is 5.43 Å². The van der Waals surface area contributed by atoms with E-state index in [9.17, 15) is 4.79 Å². The Morgan fingerprint density at radius 2 is 2.00 bits per heavy atom. The van der Waals surface area contributed by atoms with Gasteiger partial charge >= 0.3 is 0 Å². The molecule has 2 aromatic heterocycles. The molecule has 6 heteroatoms. The van der Waals surface area contributed by atoms with Crippen molar-refractivity contribution in [3.05, 3.63) is 51.1 Å². The summed E-state index contributed by atoms with van der Waals surface area (Å²) >= 11 is 1.52. The van der Waals surface area contributed by atoms with E-state index < -0.39 is 0 Å². The van der Waals surface area contributed by atoms with Crippen LogP contribution in [0.4, 0.5) is 0 Å². The minimum atomic E-state index is 0.0669. The molecule has 1 aromatic carbocycles. The molecule has 23 heavy (non-hydrogen) atoms. The van der Waals surface area contributed by atoms with Crippen LogP contribution >= 0.6 is 11.8 Å². The summed E-state index contributed by atoms with van der Waals surface area (Å²) in [5, 5.41) is 8.65. The van der Waals surface area contributed by atoms with Gasteiger partial charge in [0.05, 0.1) is 5.52 Å². The number of rotatable bonds is 5. The van der Waals surface area contributed by atoms with E-state index in [1.165, 1.54) is 11.8 Å². The standard InChI is InChI=1S/C17H20N4OS/c1-4-5-14-19-17(21-20-14)23-9-12-8-13(22)15-10(2)6-7-11(3)16(15)18-12/h6-8H,4-5,9H2,1-3H3,(H,18,22)(H,19,20,21). The van der Waals surface area contributed by atoms with Crippen LogP contribution in [0.2, 0.25) is 0 Å². The monoisotopic (exact) mass is 328 g/mol. The summed E-state index contributed by atoms with van der Waals surface area (Å²) in [6, 6.07) is 5.71. The highest BCUT2D eigenvalue weighted by Gasteiger charge is 2.09. The third kappa shape index (κ3) is 3.32. The topological polar surface area (TPSA) is 74.4 Å². The zero-order valence-corrected chi connectivity index (χ0v) is 14.4. The van der Waals surface area contributed by atoms with Crippen molar-refractivity contribution in [1.29, 1.82) is 0 Å². The molecule has 0 bridgehead atoms. The molecule has 0 atom stereocenters. The molecule has 0 amide bonds. The van der Waals surface area contributed by atoms with Gasteiger partial charge < -0.3 is 4.98 Å². The van der Waals surface area contributed by atoms with Crippen molar-refractivity contribution in [3.63, 3.8) is 0 Å². The van der Waals surface area contributed by atoms with Crippen molar-refractivity contribution in [2.75, 3.05) is 0 Å². The third-order valence-electron chi connectivity index (χ3n) is 3.81. The molecule has 5 nitrogen and oxygen atoms in total. The van der Waals surface area contributed by atoms with Gasteiger partial charge in [0.1, 0.15) is 5.82 Å². The molecule has 0 aliphatic carbocycles. The summed E-state index contributed by atoms with van der Waals surface area (Å²) in [6.45, 7) is 6.09. The van der Waals surface area contributed by atoms with Crippen LogP contribution in [-0.2, 0) is 12.2 Å². The molecule has 0 aliphatic heterocycles. The molecule has 0 unspecified atom stereocenters. The summed E-state index contributed by atoms with van der Waals surface area (Å²) in [6.07, 6.45) is 1.94. The normalized spacial score (nSPS) is 11.3. The molecule has 0 saturated heterocycles. The molecule has 2 N–H and O–H groups in total. The fourth-order valence-electron chi connectivity index (χ4n) is 2.63. The largest absolute Gasteiger partial charge is 0.357 e. The van der Waals surface area contributed by atoms with Crippen molar-refractivity contribution in [3.8, 4) is 0 Å². The molecular formula is C17H20N4OS. The zero-order valence-electron chi connectivity index (χ0n) is 13.6. The number of hydrogen-bond donors (Lipinski definition) is 2. The zero-order chi connectivity index (χ0) is 16.4. The van der Waals surface area contributed by atoms with Crippen molar-refractivity contribution in [1.82, 2.24) is 20.2 Å². The van der Waals surface area contributed by atoms with E-state index in [2.05, 4.69) is 27.1 Å². The number of aromatic nitrogens is 4. The lowest BCUT2D eigenvalue weighted by Gasteiger charge is -2.08. The Balaban J connectivity index is 1.86. The number of nitrogens with one attached hydrogen (secondary N) is 2. The van der Waals surface area contributed by atoms with Crippen molar-refractivity contribution >= 4 is 22.7 Å². The van der Waals surface area contributed by atoms with E-state index in [4.69, 9.17) is 0 Å². The highest BCUT2D eigenvalue weighted by Crippen LogP contribution is 2.21. The quantitative estimate of drug-likeness (QED) is 0.703. The maximum Gasteiger partial charge on any atom is 0.208 e.